The zero-order chi connectivity index (χ0) is 13.0. The molecule has 0 fully saturated rings. The summed E-state index contributed by atoms with van der Waals surface area (Å²) in [6.45, 7) is 0. The van der Waals surface area contributed by atoms with Crippen molar-refractivity contribution in [2.75, 3.05) is 5.01 Å². The van der Waals surface area contributed by atoms with Gasteiger partial charge in [-0.05, 0) is 30.3 Å². The average Bonchev–Trinajstić information content (AvgIpc) is 2.46. The van der Waals surface area contributed by atoms with Gasteiger partial charge in [-0.25, -0.2) is 10.9 Å². The van der Waals surface area contributed by atoms with Gasteiger partial charge in [-0.1, -0.05) is 12.1 Å². The average molecular weight is 238 g/mol. The van der Waals surface area contributed by atoms with E-state index in [1.54, 1.807) is 42.5 Å². The van der Waals surface area contributed by atoms with E-state index in [9.17, 15) is 4.79 Å². The number of nitriles is 1. The molecule has 1 aromatic carbocycles. The molecular weight excluding hydrogens is 228 g/mol. The van der Waals surface area contributed by atoms with Crippen LogP contribution in [0.25, 0.3) is 0 Å². The Morgan fingerprint density at radius 2 is 2.11 bits per heavy atom. The fraction of sp³-hybridized carbons (Fsp3) is 0. The predicted octanol–water partition coefficient (Wildman–Crippen LogP) is 1.47. The number of carbonyl (C=O) groups excluding carboxylic acids is 1. The number of hydrogen-bond donors (Lipinski definition) is 1. The molecule has 1 amide bonds. The summed E-state index contributed by atoms with van der Waals surface area (Å²) in [5.41, 5.74) is 1.14. The molecule has 0 aliphatic rings. The van der Waals surface area contributed by atoms with Crippen LogP contribution in [-0.2, 0) is 0 Å². The largest absolute Gasteiger partial charge is 0.291 e. The van der Waals surface area contributed by atoms with Crippen molar-refractivity contribution in [3.8, 4) is 6.07 Å². The van der Waals surface area contributed by atoms with E-state index < -0.39 is 5.91 Å². The molecule has 5 nitrogen and oxygen atoms in total. The highest BCUT2D eigenvalue weighted by molar-refractivity contribution is 6.03. The topological polar surface area (TPSA) is 83.0 Å². The molecule has 0 saturated carbocycles. The molecule has 2 N–H and O–H groups in total. The Hall–Kier alpha value is -2.71. The number of aromatic nitrogens is 1. The van der Waals surface area contributed by atoms with Crippen LogP contribution in [0.5, 0.6) is 0 Å². The Bertz CT molecular complexity index is 604. The van der Waals surface area contributed by atoms with Crippen molar-refractivity contribution in [3.63, 3.8) is 0 Å². The molecule has 2 rings (SSSR count). The Balaban J connectivity index is 2.29. The number of anilines is 1. The second-order valence-corrected chi connectivity index (χ2v) is 3.55. The summed E-state index contributed by atoms with van der Waals surface area (Å²) in [6.07, 6.45) is 1.52. The number of nitrogens with zero attached hydrogens (tertiary/aromatic N) is 3. The molecule has 1 heterocycles. The first-order valence-electron chi connectivity index (χ1n) is 5.22. The number of benzene rings is 1. The van der Waals surface area contributed by atoms with Crippen LogP contribution in [-0.4, -0.2) is 10.9 Å². The maximum atomic E-state index is 12.0. The maximum absolute atomic E-state index is 12.0. The van der Waals surface area contributed by atoms with Gasteiger partial charge < -0.3 is 0 Å². The van der Waals surface area contributed by atoms with Crippen molar-refractivity contribution < 1.29 is 4.79 Å². The number of nitrogens with two attached hydrogens (primary N) is 1. The van der Waals surface area contributed by atoms with E-state index in [1.165, 1.54) is 6.20 Å². The van der Waals surface area contributed by atoms with Crippen LogP contribution in [0.2, 0.25) is 0 Å². The van der Waals surface area contributed by atoms with Crippen molar-refractivity contribution >= 4 is 11.6 Å². The van der Waals surface area contributed by atoms with Crippen molar-refractivity contribution in [1.82, 2.24) is 4.98 Å². The zero-order valence-corrected chi connectivity index (χ0v) is 9.45. The highest BCUT2D eigenvalue weighted by Crippen LogP contribution is 2.14. The van der Waals surface area contributed by atoms with Crippen LogP contribution in [0, 0.1) is 11.3 Å². The Morgan fingerprint density at radius 3 is 2.78 bits per heavy atom. The van der Waals surface area contributed by atoms with E-state index in [2.05, 4.69) is 4.98 Å². The highest BCUT2D eigenvalue weighted by Gasteiger charge is 2.15. The molecule has 5 heteroatoms. The number of hydrogen-bond acceptors (Lipinski definition) is 4. The minimum Gasteiger partial charge on any atom is -0.265 e. The molecule has 0 aliphatic heterocycles. The SMILES string of the molecule is N#Cc1cccc(N(N)C(=O)c2ccccn2)c1. The summed E-state index contributed by atoms with van der Waals surface area (Å²) in [5.74, 6) is 5.30. The van der Waals surface area contributed by atoms with Crippen LogP contribution in [0.3, 0.4) is 0 Å². The lowest BCUT2D eigenvalue weighted by atomic mass is 10.2. The molecule has 0 unspecified atom stereocenters. The monoisotopic (exact) mass is 238 g/mol. The summed E-state index contributed by atoms with van der Waals surface area (Å²) in [4.78, 5) is 15.9. The molecule has 88 valence electrons. The third-order valence-electron chi connectivity index (χ3n) is 2.36. The molecule has 1 aromatic heterocycles. The molecule has 0 atom stereocenters. The number of pyridine rings is 1. The highest BCUT2D eigenvalue weighted by atomic mass is 16.2. The lowest BCUT2D eigenvalue weighted by Crippen LogP contribution is -2.37. The Kier molecular flexibility index (Phi) is 3.32. The summed E-state index contributed by atoms with van der Waals surface area (Å²) in [6, 6.07) is 13.5. The van der Waals surface area contributed by atoms with Crippen LogP contribution < -0.4 is 10.9 Å². The van der Waals surface area contributed by atoms with Gasteiger partial charge in [0.1, 0.15) is 5.69 Å². The van der Waals surface area contributed by atoms with E-state index in [0.29, 0.717) is 11.3 Å². The maximum Gasteiger partial charge on any atom is 0.291 e. The first-order valence-corrected chi connectivity index (χ1v) is 5.22. The van der Waals surface area contributed by atoms with Gasteiger partial charge in [0.25, 0.3) is 5.91 Å². The van der Waals surface area contributed by atoms with Crippen LogP contribution in [0.4, 0.5) is 5.69 Å². The second-order valence-electron chi connectivity index (χ2n) is 3.55. The lowest BCUT2D eigenvalue weighted by molar-refractivity contribution is 0.0982. The van der Waals surface area contributed by atoms with E-state index in [1.807, 2.05) is 6.07 Å². The number of carbonyl (C=O) groups is 1. The summed E-state index contributed by atoms with van der Waals surface area (Å²) < 4.78 is 0. The fourth-order valence-corrected chi connectivity index (χ4v) is 1.46. The van der Waals surface area contributed by atoms with Gasteiger partial charge in [-0.3, -0.25) is 9.78 Å². The molecule has 2 aromatic rings. The Labute approximate surface area is 104 Å². The van der Waals surface area contributed by atoms with Gasteiger partial charge >= 0.3 is 0 Å². The third-order valence-corrected chi connectivity index (χ3v) is 2.36. The number of amides is 1. The molecule has 0 aliphatic carbocycles. The van der Waals surface area contributed by atoms with Gasteiger partial charge in [0, 0.05) is 6.20 Å². The third kappa shape index (κ3) is 2.34. The van der Waals surface area contributed by atoms with Gasteiger partial charge in [0.2, 0.25) is 0 Å². The van der Waals surface area contributed by atoms with Gasteiger partial charge in [0.05, 0.1) is 17.3 Å². The number of rotatable bonds is 2. The first-order chi connectivity index (χ1) is 8.72. The molecule has 0 saturated heterocycles. The van der Waals surface area contributed by atoms with Crippen LogP contribution >= 0.6 is 0 Å². The Morgan fingerprint density at radius 1 is 1.28 bits per heavy atom. The molecular formula is C13H10N4O. The van der Waals surface area contributed by atoms with Crippen molar-refractivity contribution in [1.29, 1.82) is 5.26 Å². The van der Waals surface area contributed by atoms with E-state index in [0.717, 1.165) is 5.01 Å². The van der Waals surface area contributed by atoms with Crippen LogP contribution in [0.15, 0.2) is 48.7 Å². The summed E-state index contributed by atoms with van der Waals surface area (Å²) in [5, 5.41) is 9.77. The van der Waals surface area contributed by atoms with Gasteiger partial charge in [-0.2, -0.15) is 5.26 Å². The standard InChI is InChI=1S/C13H10N4O/c14-9-10-4-3-5-11(8-10)17(15)13(18)12-6-1-2-7-16-12/h1-8H,15H2. The minimum absolute atomic E-state index is 0.252. The number of hydrazine groups is 1. The normalized spacial score (nSPS) is 9.56. The molecule has 0 spiro atoms. The van der Waals surface area contributed by atoms with E-state index >= 15 is 0 Å². The lowest BCUT2D eigenvalue weighted by Gasteiger charge is -2.16. The first kappa shape index (κ1) is 11.8. The van der Waals surface area contributed by atoms with Gasteiger partial charge in [0.15, 0.2) is 0 Å². The fourth-order valence-electron chi connectivity index (χ4n) is 1.46. The smallest absolute Gasteiger partial charge is 0.265 e. The summed E-state index contributed by atoms with van der Waals surface area (Å²) in [7, 11) is 0. The van der Waals surface area contributed by atoms with E-state index in [4.69, 9.17) is 11.1 Å². The second kappa shape index (κ2) is 5.08. The molecule has 0 radical (unpaired) electrons. The van der Waals surface area contributed by atoms with Crippen molar-refractivity contribution in [2.45, 2.75) is 0 Å². The predicted molar refractivity (Wildman–Crippen MR) is 66.4 cm³/mol. The van der Waals surface area contributed by atoms with Crippen molar-refractivity contribution in [2.24, 2.45) is 5.84 Å². The molecule has 0 bridgehead atoms. The quantitative estimate of drug-likeness (QED) is 0.488. The van der Waals surface area contributed by atoms with Gasteiger partial charge in [-0.15, -0.1) is 0 Å². The van der Waals surface area contributed by atoms with Crippen LogP contribution in [0.1, 0.15) is 16.1 Å². The van der Waals surface area contributed by atoms with Crippen molar-refractivity contribution in [3.05, 3.63) is 59.9 Å². The molecule has 18 heavy (non-hydrogen) atoms. The zero-order valence-electron chi connectivity index (χ0n) is 9.45. The van der Waals surface area contributed by atoms with E-state index in [-0.39, 0.29) is 5.69 Å². The minimum atomic E-state index is -0.425. The summed E-state index contributed by atoms with van der Waals surface area (Å²) >= 11 is 0.